The van der Waals surface area contributed by atoms with Gasteiger partial charge in [-0.05, 0) is 37.4 Å². The number of rotatable bonds is 6. The van der Waals surface area contributed by atoms with Crippen LogP contribution in [0.3, 0.4) is 0 Å². The van der Waals surface area contributed by atoms with E-state index in [2.05, 4.69) is 69.0 Å². The standard InChI is InChI=1S/C19H30N6OS.HI/c1-19(2,3)17-23-16(24-26-17)13-22-18(20-4)21-12-14(15-8-7-11-27-15)25-9-5-6-10-25;/h7-8,11,14H,5-6,9-10,12-13H2,1-4H3,(H2,20,21,22);1H. The summed E-state index contributed by atoms with van der Waals surface area (Å²) in [5.74, 6) is 2.03. The lowest BCUT2D eigenvalue weighted by atomic mass is 9.97. The second-order valence-corrected chi connectivity index (χ2v) is 8.83. The summed E-state index contributed by atoms with van der Waals surface area (Å²) in [5, 5.41) is 12.9. The molecule has 0 aromatic carbocycles. The molecule has 0 bridgehead atoms. The van der Waals surface area contributed by atoms with Gasteiger partial charge < -0.3 is 15.2 Å². The summed E-state index contributed by atoms with van der Waals surface area (Å²) in [6, 6.07) is 4.72. The Bertz CT molecular complexity index is 734. The number of aliphatic imine (C=N–C) groups is 1. The Morgan fingerprint density at radius 2 is 2.07 bits per heavy atom. The molecule has 9 heteroatoms. The first-order valence-electron chi connectivity index (χ1n) is 9.52. The van der Waals surface area contributed by atoms with E-state index in [0.717, 1.165) is 25.6 Å². The number of thiophene rings is 1. The molecular weight excluding hydrogens is 487 g/mol. The lowest BCUT2D eigenvalue weighted by Gasteiger charge is -2.27. The number of nitrogens with zero attached hydrogens (tertiary/aromatic N) is 4. The molecule has 1 atom stereocenters. The fourth-order valence-corrected chi connectivity index (χ4v) is 4.01. The number of halogens is 1. The Morgan fingerprint density at radius 3 is 2.64 bits per heavy atom. The predicted molar refractivity (Wildman–Crippen MR) is 124 cm³/mol. The first-order valence-corrected chi connectivity index (χ1v) is 10.4. The third-order valence-electron chi connectivity index (χ3n) is 4.66. The average molecular weight is 518 g/mol. The zero-order valence-corrected chi connectivity index (χ0v) is 20.2. The van der Waals surface area contributed by atoms with Gasteiger partial charge in [-0.2, -0.15) is 4.98 Å². The quantitative estimate of drug-likeness (QED) is 0.346. The molecule has 0 amide bonds. The highest BCUT2D eigenvalue weighted by Gasteiger charge is 2.25. The van der Waals surface area contributed by atoms with Crippen LogP contribution < -0.4 is 10.6 Å². The Kier molecular flexibility index (Phi) is 8.69. The molecule has 0 saturated carbocycles. The van der Waals surface area contributed by atoms with E-state index in [1.807, 2.05) is 11.3 Å². The van der Waals surface area contributed by atoms with Crippen LogP contribution in [-0.2, 0) is 12.0 Å². The highest BCUT2D eigenvalue weighted by atomic mass is 127. The SMILES string of the molecule is CN=C(NCc1noc(C(C)(C)C)n1)NCC(c1cccs1)N1CCCC1.I. The molecule has 2 aromatic rings. The molecular formula is C19H31IN6OS. The normalized spacial score (nSPS) is 16.6. The maximum absolute atomic E-state index is 5.34. The Morgan fingerprint density at radius 1 is 1.32 bits per heavy atom. The van der Waals surface area contributed by atoms with Crippen molar-refractivity contribution in [3.63, 3.8) is 0 Å². The molecule has 2 aromatic heterocycles. The van der Waals surface area contributed by atoms with Crippen molar-refractivity contribution in [3.05, 3.63) is 34.1 Å². The second kappa shape index (κ2) is 10.5. The third-order valence-corrected chi connectivity index (χ3v) is 5.64. The van der Waals surface area contributed by atoms with Crippen LogP contribution in [-0.4, -0.2) is 47.7 Å². The van der Waals surface area contributed by atoms with Crippen molar-refractivity contribution in [2.75, 3.05) is 26.7 Å². The molecule has 1 saturated heterocycles. The van der Waals surface area contributed by atoms with Gasteiger partial charge in [-0.1, -0.05) is 32.0 Å². The lowest BCUT2D eigenvalue weighted by molar-refractivity contribution is 0.249. The van der Waals surface area contributed by atoms with E-state index in [4.69, 9.17) is 4.52 Å². The van der Waals surface area contributed by atoms with Gasteiger partial charge in [0.2, 0.25) is 5.89 Å². The molecule has 156 valence electrons. The molecule has 3 heterocycles. The number of nitrogens with one attached hydrogen (secondary N) is 2. The first kappa shape index (κ1) is 23.1. The molecule has 1 unspecified atom stereocenters. The molecule has 0 radical (unpaired) electrons. The smallest absolute Gasteiger partial charge is 0.232 e. The maximum atomic E-state index is 5.34. The Balaban J connectivity index is 0.00000280. The third kappa shape index (κ3) is 6.15. The van der Waals surface area contributed by atoms with Crippen LogP contribution in [0.25, 0.3) is 0 Å². The molecule has 1 aliphatic heterocycles. The predicted octanol–water partition coefficient (Wildman–Crippen LogP) is 3.55. The zero-order chi connectivity index (χ0) is 19.3. The summed E-state index contributed by atoms with van der Waals surface area (Å²) in [7, 11) is 1.78. The van der Waals surface area contributed by atoms with Gasteiger partial charge in [-0.15, -0.1) is 35.3 Å². The summed E-state index contributed by atoms with van der Waals surface area (Å²) in [6.07, 6.45) is 2.56. The van der Waals surface area contributed by atoms with Crippen LogP contribution in [0.5, 0.6) is 0 Å². The second-order valence-electron chi connectivity index (χ2n) is 7.85. The molecule has 3 rings (SSSR count). The van der Waals surface area contributed by atoms with Gasteiger partial charge in [-0.25, -0.2) is 0 Å². The van der Waals surface area contributed by atoms with Crippen molar-refractivity contribution in [2.45, 2.75) is 51.6 Å². The summed E-state index contributed by atoms with van der Waals surface area (Å²) in [6.45, 7) is 9.79. The van der Waals surface area contributed by atoms with Crippen molar-refractivity contribution in [1.82, 2.24) is 25.7 Å². The largest absolute Gasteiger partial charge is 0.354 e. The van der Waals surface area contributed by atoms with Crippen LogP contribution in [0.1, 0.15) is 56.2 Å². The fourth-order valence-electron chi connectivity index (χ4n) is 3.15. The van der Waals surface area contributed by atoms with Crippen LogP contribution in [0.15, 0.2) is 27.0 Å². The van der Waals surface area contributed by atoms with Crippen LogP contribution in [0.4, 0.5) is 0 Å². The van der Waals surface area contributed by atoms with E-state index in [0.29, 0.717) is 24.3 Å². The van der Waals surface area contributed by atoms with Crippen LogP contribution >= 0.6 is 35.3 Å². The molecule has 1 aliphatic rings. The van der Waals surface area contributed by atoms with Crippen LogP contribution in [0.2, 0.25) is 0 Å². The minimum absolute atomic E-state index is 0. The number of guanidine groups is 1. The van der Waals surface area contributed by atoms with E-state index in [-0.39, 0.29) is 29.4 Å². The Hall–Kier alpha value is -1.20. The highest BCUT2D eigenvalue weighted by molar-refractivity contribution is 14.0. The van der Waals surface area contributed by atoms with Gasteiger partial charge in [-0.3, -0.25) is 9.89 Å². The van der Waals surface area contributed by atoms with Gasteiger partial charge >= 0.3 is 0 Å². The van der Waals surface area contributed by atoms with Crippen molar-refractivity contribution in [3.8, 4) is 0 Å². The summed E-state index contributed by atoms with van der Waals surface area (Å²) < 4.78 is 5.34. The fraction of sp³-hybridized carbons (Fsp3) is 0.632. The minimum atomic E-state index is -0.144. The van der Waals surface area contributed by atoms with E-state index >= 15 is 0 Å². The first-order chi connectivity index (χ1) is 13.0. The minimum Gasteiger partial charge on any atom is -0.354 e. The van der Waals surface area contributed by atoms with Crippen molar-refractivity contribution in [2.24, 2.45) is 4.99 Å². The highest BCUT2D eigenvalue weighted by Crippen LogP contribution is 2.27. The van der Waals surface area contributed by atoms with Gasteiger partial charge in [0, 0.05) is 23.9 Å². The maximum Gasteiger partial charge on any atom is 0.232 e. The molecule has 28 heavy (non-hydrogen) atoms. The summed E-state index contributed by atoms with van der Waals surface area (Å²) in [5.41, 5.74) is -0.144. The number of hydrogen-bond acceptors (Lipinski definition) is 6. The summed E-state index contributed by atoms with van der Waals surface area (Å²) in [4.78, 5) is 12.7. The van der Waals surface area contributed by atoms with Gasteiger partial charge in [0.1, 0.15) is 0 Å². The zero-order valence-electron chi connectivity index (χ0n) is 17.1. The molecule has 7 nitrogen and oxygen atoms in total. The molecule has 0 spiro atoms. The van der Waals surface area contributed by atoms with E-state index < -0.39 is 0 Å². The Labute approximate surface area is 188 Å². The average Bonchev–Trinajstić information content (AvgIpc) is 3.40. The van der Waals surface area contributed by atoms with Crippen molar-refractivity contribution < 1.29 is 4.52 Å². The van der Waals surface area contributed by atoms with E-state index in [9.17, 15) is 0 Å². The monoisotopic (exact) mass is 518 g/mol. The van der Waals surface area contributed by atoms with E-state index in [1.54, 1.807) is 7.05 Å². The van der Waals surface area contributed by atoms with Crippen molar-refractivity contribution in [1.29, 1.82) is 0 Å². The molecule has 0 aliphatic carbocycles. The molecule has 1 fully saturated rings. The summed E-state index contributed by atoms with van der Waals surface area (Å²) >= 11 is 1.82. The van der Waals surface area contributed by atoms with Crippen LogP contribution in [0, 0.1) is 0 Å². The van der Waals surface area contributed by atoms with Gasteiger partial charge in [0.25, 0.3) is 0 Å². The lowest BCUT2D eigenvalue weighted by Crippen LogP contribution is -2.42. The number of hydrogen-bond donors (Lipinski definition) is 2. The van der Waals surface area contributed by atoms with Gasteiger partial charge in [0.15, 0.2) is 11.8 Å². The van der Waals surface area contributed by atoms with Crippen molar-refractivity contribution >= 4 is 41.3 Å². The number of likely N-dealkylation sites (tertiary alicyclic amines) is 1. The van der Waals surface area contributed by atoms with Gasteiger partial charge in [0.05, 0.1) is 12.6 Å². The number of aromatic nitrogens is 2. The topological polar surface area (TPSA) is 78.6 Å². The van der Waals surface area contributed by atoms with E-state index in [1.165, 1.54) is 17.7 Å². The molecule has 2 N–H and O–H groups in total.